The van der Waals surface area contributed by atoms with E-state index in [1.807, 2.05) is 0 Å². The van der Waals surface area contributed by atoms with Crippen LogP contribution in [0.5, 0.6) is 0 Å². The molecule has 2 aliphatic rings. The lowest BCUT2D eigenvalue weighted by molar-refractivity contribution is -0.680. The number of para-hydroxylation sites is 1. The van der Waals surface area contributed by atoms with E-state index in [0.717, 1.165) is 6.42 Å². The Morgan fingerprint density at radius 1 is 1.04 bits per heavy atom. The number of nitrogens with one attached hydrogen (secondary N) is 1. The number of nitrogens with zero attached hydrogens (tertiary/aromatic N) is 1. The summed E-state index contributed by atoms with van der Waals surface area (Å²) in [4.78, 5) is 1.41. The standard InChI is InChI=1S/C22H20N2/c1-15-6-5-7-17(12-15)24-20-9-4-3-8-18(20)19-13-16(10-11-21(19)24)22-14-23(22)2/h3-11,13-15H,12H2,1-2H3/p+1. The molecule has 2 nitrogen and oxygen atoms in total. The fraction of sp³-hybridized carbons (Fsp3) is 0.182. The highest BCUT2D eigenvalue weighted by molar-refractivity contribution is 6.10. The molecule has 3 aromatic rings. The second-order valence-corrected chi connectivity index (χ2v) is 7.05. The molecule has 118 valence electrons. The Labute approximate surface area is 142 Å². The molecule has 1 N–H and O–H groups in total. The molecule has 1 aromatic heterocycles. The van der Waals surface area contributed by atoms with Crippen molar-refractivity contribution in [2.45, 2.75) is 13.3 Å². The zero-order chi connectivity index (χ0) is 16.3. The molecule has 0 spiro atoms. The molecular formula is C22H21N2+. The Kier molecular flexibility index (Phi) is 2.85. The number of fused-ring (bicyclic) bond motifs is 3. The van der Waals surface area contributed by atoms with E-state index in [1.165, 1.54) is 43.7 Å². The SMILES string of the molecule is CC1C=CC=C(n2c3ccccc3c3cc(C4=C[NH+]4C)ccc32)C1. The summed E-state index contributed by atoms with van der Waals surface area (Å²) in [5, 5.41) is 2.70. The van der Waals surface area contributed by atoms with Gasteiger partial charge in [0.25, 0.3) is 0 Å². The fourth-order valence-corrected chi connectivity index (χ4v) is 3.93. The fourth-order valence-electron chi connectivity index (χ4n) is 3.93. The number of rotatable bonds is 2. The maximum absolute atomic E-state index is 2.45. The summed E-state index contributed by atoms with van der Waals surface area (Å²) in [5.41, 5.74) is 6.75. The number of aromatic nitrogens is 1. The van der Waals surface area contributed by atoms with Crippen molar-refractivity contribution in [2.24, 2.45) is 5.92 Å². The van der Waals surface area contributed by atoms with E-state index in [1.54, 1.807) is 0 Å². The smallest absolute Gasteiger partial charge is 0.197 e. The molecule has 0 radical (unpaired) electrons. The van der Waals surface area contributed by atoms with Crippen LogP contribution in [0.4, 0.5) is 0 Å². The number of benzene rings is 2. The van der Waals surface area contributed by atoms with Crippen LogP contribution in [0.25, 0.3) is 33.2 Å². The minimum absolute atomic E-state index is 0.592. The van der Waals surface area contributed by atoms with Gasteiger partial charge in [-0.05, 0) is 42.7 Å². The molecule has 2 atom stereocenters. The van der Waals surface area contributed by atoms with Crippen LogP contribution in [0, 0.1) is 5.92 Å². The van der Waals surface area contributed by atoms with Crippen LogP contribution in [-0.4, -0.2) is 11.6 Å². The van der Waals surface area contributed by atoms with Gasteiger partial charge in [-0.15, -0.1) is 0 Å². The maximum Gasteiger partial charge on any atom is 0.197 e. The van der Waals surface area contributed by atoms with Crippen LogP contribution in [0.1, 0.15) is 18.9 Å². The topological polar surface area (TPSA) is 9.37 Å². The van der Waals surface area contributed by atoms with Crippen molar-refractivity contribution in [3.63, 3.8) is 0 Å². The first-order valence-corrected chi connectivity index (χ1v) is 8.69. The molecule has 2 heteroatoms. The Bertz CT molecular complexity index is 1060. The Morgan fingerprint density at radius 3 is 2.62 bits per heavy atom. The van der Waals surface area contributed by atoms with Crippen molar-refractivity contribution >= 4 is 33.2 Å². The summed E-state index contributed by atoms with van der Waals surface area (Å²) in [5.74, 6) is 0.592. The van der Waals surface area contributed by atoms with Gasteiger partial charge in [0.15, 0.2) is 11.9 Å². The van der Waals surface area contributed by atoms with E-state index >= 15 is 0 Å². The van der Waals surface area contributed by atoms with E-state index in [-0.39, 0.29) is 0 Å². The molecule has 2 aromatic carbocycles. The average molecular weight is 313 g/mol. The highest BCUT2D eigenvalue weighted by atomic mass is 15.2. The highest BCUT2D eigenvalue weighted by Gasteiger charge is 2.27. The quantitative estimate of drug-likeness (QED) is 0.731. The lowest BCUT2D eigenvalue weighted by Crippen LogP contribution is -2.88. The van der Waals surface area contributed by atoms with Gasteiger partial charge in [-0.25, -0.2) is 0 Å². The maximum atomic E-state index is 2.45. The monoisotopic (exact) mass is 313 g/mol. The second-order valence-electron chi connectivity index (χ2n) is 7.05. The minimum Gasteiger partial charge on any atom is -0.313 e. The van der Waals surface area contributed by atoms with E-state index in [2.05, 4.69) is 85.4 Å². The van der Waals surface area contributed by atoms with Crippen molar-refractivity contribution < 1.29 is 4.90 Å². The van der Waals surface area contributed by atoms with Crippen LogP contribution in [0.2, 0.25) is 0 Å². The molecule has 5 rings (SSSR count). The van der Waals surface area contributed by atoms with E-state index in [9.17, 15) is 0 Å². The third kappa shape index (κ3) is 2.00. The number of hydrogen-bond donors (Lipinski definition) is 1. The van der Waals surface area contributed by atoms with E-state index in [4.69, 9.17) is 0 Å². The zero-order valence-electron chi connectivity index (χ0n) is 14.1. The zero-order valence-corrected chi connectivity index (χ0v) is 14.1. The van der Waals surface area contributed by atoms with Gasteiger partial charge in [0.1, 0.15) is 0 Å². The van der Waals surface area contributed by atoms with E-state index in [0.29, 0.717) is 5.92 Å². The molecule has 0 fully saturated rings. The van der Waals surface area contributed by atoms with Crippen molar-refractivity contribution in [3.8, 4) is 0 Å². The molecule has 0 saturated carbocycles. The predicted octanol–water partition coefficient (Wildman–Crippen LogP) is 4.06. The predicted molar refractivity (Wildman–Crippen MR) is 102 cm³/mol. The Hall–Kier alpha value is -2.58. The van der Waals surface area contributed by atoms with Gasteiger partial charge in [-0.2, -0.15) is 0 Å². The summed E-state index contributed by atoms with van der Waals surface area (Å²) in [6.45, 7) is 2.29. The van der Waals surface area contributed by atoms with Crippen molar-refractivity contribution in [1.82, 2.24) is 4.57 Å². The number of hydrogen-bond acceptors (Lipinski definition) is 0. The third-order valence-corrected chi connectivity index (χ3v) is 5.23. The minimum atomic E-state index is 0.592. The first-order valence-electron chi connectivity index (χ1n) is 8.69. The number of quaternary nitrogens is 1. The van der Waals surface area contributed by atoms with Gasteiger partial charge < -0.3 is 4.57 Å². The normalized spacial score (nSPS) is 22.8. The summed E-state index contributed by atoms with van der Waals surface area (Å²) in [6.07, 6.45) is 10.1. The van der Waals surface area contributed by atoms with E-state index < -0.39 is 0 Å². The first-order chi connectivity index (χ1) is 11.7. The summed E-state index contributed by atoms with van der Waals surface area (Å²) in [7, 11) is 2.18. The molecule has 0 bridgehead atoms. The molecule has 24 heavy (non-hydrogen) atoms. The van der Waals surface area contributed by atoms with Crippen LogP contribution >= 0.6 is 0 Å². The summed E-state index contributed by atoms with van der Waals surface area (Å²) in [6, 6.07) is 15.7. The molecule has 0 amide bonds. The van der Waals surface area contributed by atoms with Crippen molar-refractivity contribution in [1.29, 1.82) is 0 Å². The Balaban J connectivity index is 1.80. The van der Waals surface area contributed by atoms with Crippen LogP contribution < -0.4 is 4.90 Å². The molecule has 0 saturated heterocycles. The van der Waals surface area contributed by atoms with Gasteiger partial charge in [-0.1, -0.05) is 37.3 Å². The van der Waals surface area contributed by atoms with Gasteiger partial charge in [0.05, 0.1) is 18.1 Å². The van der Waals surface area contributed by atoms with Crippen LogP contribution in [0.15, 0.2) is 66.9 Å². The van der Waals surface area contributed by atoms with Crippen LogP contribution in [-0.2, 0) is 0 Å². The molecule has 2 heterocycles. The van der Waals surface area contributed by atoms with Crippen molar-refractivity contribution in [2.75, 3.05) is 7.05 Å². The lowest BCUT2D eigenvalue weighted by atomic mass is 10.00. The summed E-state index contributed by atoms with van der Waals surface area (Å²) < 4.78 is 2.45. The first kappa shape index (κ1) is 13.8. The summed E-state index contributed by atoms with van der Waals surface area (Å²) >= 11 is 0. The van der Waals surface area contributed by atoms with Crippen molar-refractivity contribution in [3.05, 3.63) is 72.5 Å². The number of allylic oxidation sites excluding steroid dienone is 4. The van der Waals surface area contributed by atoms with Gasteiger partial charge in [-0.3, -0.25) is 4.90 Å². The molecule has 1 aliphatic heterocycles. The molecule has 2 unspecified atom stereocenters. The van der Waals surface area contributed by atoms with Gasteiger partial charge in [0.2, 0.25) is 0 Å². The average Bonchev–Trinajstić information content (AvgIpc) is 3.24. The molecular weight excluding hydrogens is 292 g/mol. The van der Waals surface area contributed by atoms with Gasteiger partial charge in [0, 0.05) is 22.0 Å². The lowest BCUT2D eigenvalue weighted by Gasteiger charge is -2.18. The van der Waals surface area contributed by atoms with Gasteiger partial charge >= 0.3 is 0 Å². The highest BCUT2D eigenvalue weighted by Crippen LogP contribution is 2.36. The Morgan fingerprint density at radius 2 is 1.83 bits per heavy atom. The molecule has 1 aliphatic carbocycles. The second kappa shape index (κ2) is 4.96. The third-order valence-electron chi connectivity index (χ3n) is 5.23. The van der Waals surface area contributed by atoms with Crippen LogP contribution in [0.3, 0.4) is 0 Å². The largest absolute Gasteiger partial charge is 0.313 e.